The Morgan fingerprint density at radius 1 is 1.15 bits per heavy atom. The highest BCUT2D eigenvalue weighted by atomic mass is 16.5. The third-order valence-corrected chi connectivity index (χ3v) is 5.41. The van der Waals surface area contributed by atoms with Crippen LogP contribution < -0.4 is 5.32 Å². The summed E-state index contributed by atoms with van der Waals surface area (Å²) in [6, 6.07) is 2.18. The standard InChI is InChI=1S/C17H34N2O/c1-17(2,3)13-6-9-15(18-4)16(12-13)19(10-11-20-5)14-7-8-14/h13-16,18H,6-12H2,1-5H3. The molecule has 3 atom stereocenters. The Bertz CT molecular complexity index is 296. The van der Waals surface area contributed by atoms with Gasteiger partial charge in [-0.2, -0.15) is 0 Å². The Balaban J connectivity index is 2.06. The van der Waals surface area contributed by atoms with Crippen molar-refractivity contribution < 1.29 is 4.74 Å². The molecule has 2 aliphatic carbocycles. The first-order valence-electron chi connectivity index (χ1n) is 8.39. The molecule has 118 valence electrons. The fraction of sp³-hybridized carbons (Fsp3) is 1.00. The summed E-state index contributed by atoms with van der Waals surface area (Å²) in [6.45, 7) is 9.19. The smallest absolute Gasteiger partial charge is 0.0589 e. The van der Waals surface area contributed by atoms with Crippen molar-refractivity contribution in [1.29, 1.82) is 0 Å². The van der Waals surface area contributed by atoms with E-state index in [1.807, 2.05) is 7.11 Å². The number of nitrogens with one attached hydrogen (secondary N) is 1. The normalized spacial score (nSPS) is 31.8. The van der Waals surface area contributed by atoms with E-state index < -0.39 is 0 Å². The quantitative estimate of drug-likeness (QED) is 0.811. The summed E-state index contributed by atoms with van der Waals surface area (Å²) in [5.41, 5.74) is 0.438. The van der Waals surface area contributed by atoms with Crippen LogP contribution in [0.5, 0.6) is 0 Å². The molecule has 0 spiro atoms. The number of hydrogen-bond donors (Lipinski definition) is 1. The summed E-state index contributed by atoms with van der Waals surface area (Å²) in [5.74, 6) is 0.848. The van der Waals surface area contributed by atoms with Gasteiger partial charge in [0, 0.05) is 31.8 Å². The topological polar surface area (TPSA) is 24.5 Å². The second-order valence-electron chi connectivity index (χ2n) is 7.80. The number of nitrogens with zero attached hydrogens (tertiary/aromatic N) is 1. The van der Waals surface area contributed by atoms with Gasteiger partial charge in [-0.15, -0.1) is 0 Å². The van der Waals surface area contributed by atoms with Gasteiger partial charge in [-0.25, -0.2) is 0 Å². The van der Waals surface area contributed by atoms with Crippen molar-refractivity contribution in [2.24, 2.45) is 11.3 Å². The zero-order valence-electron chi connectivity index (χ0n) is 14.1. The van der Waals surface area contributed by atoms with Gasteiger partial charge in [0.1, 0.15) is 0 Å². The third kappa shape index (κ3) is 3.96. The average molecular weight is 282 g/mol. The Morgan fingerprint density at radius 3 is 2.35 bits per heavy atom. The molecule has 20 heavy (non-hydrogen) atoms. The molecule has 2 aliphatic rings. The molecule has 1 N–H and O–H groups in total. The maximum absolute atomic E-state index is 5.34. The molecule has 0 heterocycles. The van der Waals surface area contributed by atoms with Crippen molar-refractivity contribution in [3.63, 3.8) is 0 Å². The third-order valence-electron chi connectivity index (χ3n) is 5.41. The molecule has 3 unspecified atom stereocenters. The molecule has 3 nitrogen and oxygen atoms in total. The largest absolute Gasteiger partial charge is 0.383 e. The Hall–Kier alpha value is -0.120. The molecule has 0 radical (unpaired) electrons. The van der Waals surface area contributed by atoms with Gasteiger partial charge in [-0.1, -0.05) is 20.8 Å². The predicted octanol–water partition coefficient (Wildman–Crippen LogP) is 2.90. The average Bonchev–Trinajstić information content (AvgIpc) is 3.22. The zero-order valence-corrected chi connectivity index (χ0v) is 14.1. The monoisotopic (exact) mass is 282 g/mol. The fourth-order valence-corrected chi connectivity index (χ4v) is 3.86. The maximum Gasteiger partial charge on any atom is 0.0589 e. The molecular formula is C17H34N2O. The lowest BCUT2D eigenvalue weighted by molar-refractivity contribution is 0.0390. The van der Waals surface area contributed by atoms with E-state index in [1.54, 1.807) is 0 Å². The summed E-state index contributed by atoms with van der Waals surface area (Å²) < 4.78 is 5.34. The lowest BCUT2D eigenvalue weighted by atomic mass is 9.69. The van der Waals surface area contributed by atoms with Crippen molar-refractivity contribution >= 4 is 0 Å². The Morgan fingerprint density at radius 2 is 1.85 bits per heavy atom. The first-order valence-corrected chi connectivity index (χ1v) is 8.39. The van der Waals surface area contributed by atoms with Crippen LogP contribution in [0.25, 0.3) is 0 Å². The van der Waals surface area contributed by atoms with E-state index in [1.165, 1.54) is 32.1 Å². The van der Waals surface area contributed by atoms with Crippen LogP contribution in [0.15, 0.2) is 0 Å². The molecule has 0 amide bonds. The highest BCUT2D eigenvalue weighted by molar-refractivity contribution is 4.98. The number of methoxy groups -OCH3 is 1. The second-order valence-corrected chi connectivity index (χ2v) is 7.80. The van der Waals surface area contributed by atoms with Gasteiger partial charge < -0.3 is 10.1 Å². The first-order chi connectivity index (χ1) is 9.47. The molecule has 2 fully saturated rings. The van der Waals surface area contributed by atoms with Gasteiger partial charge in [0.2, 0.25) is 0 Å². The molecule has 0 aromatic heterocycles. The van der Waals surface area contributed by atoms with Crippen LogP contribution in [-0.2, 0) is 4.74 Å². The lowest BCUT2D eigenvalue weighted by Crippen LogP contribution is -2.55. The van der Waals surface area contributed by atoms with Crippen molar-refractivity contribution in [2.45, 2.75) is 71.0 Å². The summed E-state index contributed by atoms with van der Waals surface area (Å²) in [5, 5.41) is 3.58. The SMILES string of the molecule is CNC1CCC(C(C)(C)C)CC1N(CCOC)C1CC1. The number of rotatable bonds is 6. The van der Waals surface area contributed by atoms with E-state index in [2.05, 4.69) is 38.0 Å². The van der Waals surface area contributed by atoms with Crippen molar-refractivity contribution in [3.8, 4) is 0 Å². The Kier molecular flexibility index (Phi) is 5.49. The van der Waals surface area contributed by atoms with Crippen LogP contribution >= 0.6 is 0 Å². The van der Waals surface area contributed by atoms with Crippen molar-refractivity contribution in [3.05, 3.63) is 0 Å². The first kappa shape index (κ1) is 16.3. The van der Waals surface area contributed by atoms with Crippen LogP contribution in [0.4, 0.5) is 0 Å². The molecule has 3 heteroatoms. The molecule has 0 aromatic carbocycles. The van der Waals surface area contributed by atoms with E-state index in [0.717, 1.165) is 25.1 Å². The molecule has 0 aromatic rings. The zero-order chi connectivity index (χ0) is 14.8. The minimum atomic E-state index is 0.438. The fourth-order valence-electron chi connectivity index (χ4n) is 3.86. The van der Waals surface area contributed by atoms with Crippen molar-refractivity contribution in [1.82, 2.24) is 10.2 Å². The van der Waals surface area contributed by atoms with Gasteiger partial charge in [-0.3, -0.25) is 4.90 Å². The van der Waals surface area contributed by atoms with Crippen molar-refractivity contribution in [2.75, 3.05) is 27.3 Å². The number of ether oxygens (including phenoxy) is 1. The maximum atomic E-state index is 5.34. The molecule has 0 bridgehead atoms. The summed E-state index contributed by atoms with van der Waals surface area (Å²) >= 11 is 0. The highest BCUT2D eigenvalue weighted by Gasteiger charge is 2.42. The van der Waals surface area contributed by atoms with Gasteiger partial charge in [0.15, 0.2) is 0 Å². The minimum absolute atomic E-state index is 0.438. The van der Waals surface area contributed by atoms with E-state index in [-0.39, 0.29) is 0 Å². The van der Waals surface area contributed by atoms with Crippen LogP contribution in [0.2, 0.25) is 0 Å². The van der Waals surface area contributed by atoms with Gasteiger partial charge >= 0.3 is 0 Å². The van der Waals surface area contributed by atoms with Crippen LogP contribution in [0, 0.1) is 11.3 Å². The summed E-state index contributed by atoms with van der Waals surface area (Å²) in [6.07, 6.45) is 6.80. The number of likely N-dealkylation sites (N-methyl/N-ethyl adjacent to an activating group) is 1. The van der Waals surface area contributed by atoms with Crippen LogP contribution in [0.3, 0.4) is 0 Å². The minimum Gasteiger partial charge on any atom is -0.383 e. The second kappa shape index (κ2) is 6.76. The highest BCUT2D eigenvalue weighted by Crippen LogP contribution is 2.41. The van der Waals surface area contributed by atoms with E-state index in [9.17, 15) is 0 Å². The molecule has 0 aliphatic heterocycles. The van der Waals surface area contributed by atoms with E-state index in [0.29, 0.717) is 17.5 Å². The number of hydrogen-bond acceptors (Lipinski definition) is 3. The lowest BCUT2D eigenvalue weighted by Gasteiger charge is -2.46. The molecular weight excluding hydrogens is 248 g/mol. The predicted molar refractivity (Wildman–Crippen MR) is 85.0 cm³/mol. The van der Waals surface area contributed by atoms with Gasteiger partial charge in [0.05, 0.1) is 6.61 Å². The summed E-state index contributed by atoms with van der Waals surface area (Å²) in [4.78, 5) is 2.75. The van der Waals surface area contributed by atoms with E-state index >= 15 is 0 Å². The van der Waals surface area contributed by atoms with Crippen LogP contribution in [-0.4, -0.2) is 50.3 Å². The molecule has 2 rings (SSSR count). The summed E-state index contributed by atoms with van der Waals surface area (Å²) in [7, 11) is 3.95. The van der Waals surface area contributed by atoms with E-state index in [4.69, 9.17) is 4.74 Å². The van der Waals surface area contributed by atoms with Crippen LogP contribution in [0.1, 0.15) is 52.9 Å². The van der Waals surface area contributed by atoms with Gasteiger partial charge in [-0.05, 0) is 50.5 Å². The molecule has 2 saturated carbocycles. The molecule has 0 saturated heterocycles. The Labute approximate surface area is 125 Å². The van der Waals surface area contributed by atoms with Gasteiger partial charge in [0.25, 0.3) is 0 Å².